The largest absolute Gasteiger partial charge is 0.439 e. The van der Waals surface area contributed by atoms with Gasteiger partial charge in [-0.1, -0.05) is 44.6 Å². The molecule has 0 spiro atoms. The van der Waals surface area contributed by atoms with Crippen molar-refractivity contribution in [2.45, 2.75) is 114 Å². The highest BCUT2D eigenvalue weighted by Crippen LogP contribution is 2.33. The van der Waals surface area contributed by atoms with Crippen LogP contribution in [-0.4, -0.2) is 207 Å². The summed E-state index contributed by atoms with van der Waals surface area (Å²) in [5, 5.41) is 29.1. The Morgan fingerprint density at radius 1 is 0.775 bits per heavy atom. The van der Waals surface area contributed by atoms with Gasteiger partial charge in [0, 0.05) is 80.8 Å². The Morgan fingerprint density at radius 3 is 1.99 bits per heavy atom. The molecule has 2 fully saturated rings. The highest BCUT2D eigenvalue weighted by molar-refractivity contribution is 8.00. The van der Waals surface area contributed by atoms with E-state index >= 15 is 0 Å². The number of ketones is 2. The van der Waals surface area contributed by atoms with Crippen molar-refractivity contribution in [1.29, 1.82) is 0 Å². The molecule has 4 rings (SSSR count). The summed E-state index contributed by atoms with van der Waals surface area (Å²) >= 11 is 1.88. The molecule has 1 aliphatic carbocycles. The molecule has 9 atom stereocenters. The SMILES string of the molecule is CO[C@H]1/C=C\C=C(/C)C(=O)NC2=CC(=O)C(NCCOCCOCCNC(=O)CCOCCOCCOCCOCCNC(=O)CCCC[C@@H]3SC[C@@H]4NC(=O)N[C@@H]43)=C(C[C@H](C)C[C@@H](OC)[C@@H](O)[C@H](C)/C=C(\C)[C@H]1OC(N)=O)C2=O. The second-order valence-corrected chi connectivity index (χ2v) is 21.1. The van der Waals surface area contributed by atoms with Crippen LogP contribution in [0.3, 0.4) is 0 Å². The average molecular weight is 1150 g/mol. The van der Waals surface area contributed by atoms with Gasteiger partial charge in [-0.05, 0) is 51.0 Å². The van der Waals surface area contributed by atoms with Crippen LogP contribution in [0, 0.1) is 11.8 Å². The molecule has 0 aromatic rings. The Balaban J connectivity index is 1.03. The van der Waals surface area contributed by atoms with Crippen LogP contribution in [0.2, 0.25) is 0 Å². The molecule has 2 saturated heterocycles. The lowest BCUT2D eigenvalue weighted by atomic mass is 9.85. The predicted molar refractivity (Wildman–Crippen MR) is 297 cm³/mol. The Kier molecular flexibility index (Phi) is 31.7. The lowest BCUT2D eigenvalue weighted by Gasteiger charge is -2.30. The van der Waals surface area contributed by atoms with Gasteiger partial charge in [-0.3, -0.25) is 24.0 Å². The van der Waals surface area contributed by atoms with Crippen LogP contribution in [0.25, 0.3) is 0 Å². The van der Waals surface area contributed by atoms with E-state index in [0.29, 0.717) is 83.0 Å². The fourth-order valence-corrected chi connectivity index (χ4v) is 10.8. The van der Waals surface area contributed by atoms with Crippen molar-refractivity contribution < 1.29 is 81.3 Å². The Morgan fingerprint density at radius 2 is 1.38 bits per heavy atom. The minimum Gasteiger partial charge on any atom is -0.439 e. The van der Waals surface area contributed by atoms with Crippen LogP contribution < -0.4 is 37.6 Å². The molecule has 2 bridgehead atoms. The fourth-order valence-electron chi connectivity index (χ4n) is 9.25. The van der Waals surface area contributed by atoms with Gasteiger partial charge in [0.15, 0.2) is 6.10 Å². The van der Waals surface area contributed by atoms with E-state index in [-0.39, 0.29) is 111 Å². The number of carbonyl (C=O) groups excluding carboxylic acids is 7. The summed E-state index contributed by atoms with van der Waals surface area (Å²) in [4.78, 5) is 88.7. The van der Waals surface area contributed by atoms with Crippen LogP contribution in [-0.2, 0) is 66.6 Å². The van der Waals surface area contributed by atoms with Crippen LogP contribution >= 0.6 is 11.8 Å². The zero-order valence-corrected chi connectivity index (χ0v) is 48.1. The van der Waals surface area contributed by atoms with E-state index in [9.17, 15) is 38.7 Å². The minimum absolute atomic E-state index is 0.00843. The number of fused-ring (bicyclic) bond motifs is 3. The van der Waals surface area contributed by atoms with E-state index in [1.165, 1.54) is 33.3 Å². The minimum atomic E-state index is -1.03. The van der Waals surface area contributed by atoms with E-state index in [2.05, 4.69) is 31.9 Å². The second-order valence-electron chi connectivity index (χ2n) is 19.8. The smallest absolute Gasteiger partial charge is 0.405 e. The molecule has 4 aliphatic rings. The number of allylic oxidation sites excluding steroid dienone is 4. The van der Waals surface area contributed by atoms with E-state index in [1.807, 2.05) is 18.7 Å². The third-order valence-corrected chi connectivity index (χ3v) is 15.0. The van der Waals surface area contributed by atoms with Crippen molar-refractivity contribution in [1.82, 2.24) is 31.9 Å². The second kappa shape index (κ2) is 37.7. The number of unbranched alkanes of at least 4 members (excludes halogenated alkanes) is 1. The first-order valence-electron chi connectivity index (χ1n) is 27.5. The molecule has 80 heavy (non-hydrogen) atoms. The molecule has 0 radical (unpaired) electrons. The van der Waals surface area contributed by atoms with Crippen LogP contribution in [0.4, 0.5) is 9.59 Å². The first-order chi connectivity index (χ1) is 38.5. The number of primary amides is 1. The number of hydrogen-bond acceptors (Lipinski definition) is 19. The van der Waals surface area contributed by atoms with Crippen LogP contribution in [0.5, 0.6) is 0 Å². The molecule has 0 aromatic carbocycles. The van der Waals surface area contributed by atoms with Gasteiger partial charge >= 0.3 is 12.1 Å². The number of amides is 6. The predicted octanol–water partition coefficient (Wildman–Crippen LogP) is 1.80. The number of aliphatic hydroxyl groups excluding tert-OH is 1. The van der Waals surface area contributed by atoms with Gasteiger partial charge in [-0.25, -0.2) is 9.59 Å². The molecule has 450 valence electrons. The number of rotatable bonds is 33. The standard InChI is InChI=1S/C55H87N7O17S/c1-35-30-39-48(42(63)33-40(51(39)67)60-53(68)36(2)10-9-11-43(71-5)52(79-54(56)69)38(4)32-37(3)50(66)44(31-35)72-6)59-17-21-76-24-23-74-20-16-58-47(65)14-18-73-22-26-77-28-29-78-27-25-75-19-15-57-46(64)13-8-7-12-45-49-41(34-80-45)61-55(70)62-49/h9-11,32-33,35,37,41,43-45,49-50,52,59,66H,7-8,12-31,34H2,1-6H3,(H2,56,69)(H,57,64)(H,58,65)(H,60,68)(H2,61,62,70)/b11-9-,36-10+,38-32+/t35-,37+,41-,43-,44+,45-,49-,50-,52+/m0/s1. The summed E-state index contributed by atoms with van der Waals surface area (Å²) in [6, 6.07) is 0.329. The molecule has 24 nitrogen and oxygen atoms in total. The number of methoxy groups -OCH3 is 2. The zero-order valence-electron chi connectivity index (χ0n) is 47.3. The maximum atomic E-state index is 14.0. The van der Waals surface area contributed by atoms with Gasteiger partial charge in [-0.15, -0.1) is 0 Å². The monoisotopic (exact) mass is 1150 g/mol. The van der Waals surface area contributed by atoms with Gasteiger partial charge in [0.25, 0.3) is 5.91 Å². The van der Waals surface area contributed by atoms with E-state index in [1.54, 1.807) is 26.0 Å². The number of Topliss-reactive ketones (excluding diaryl/α,β-unsaturated/α-hetero) is 1. The van der Waals surface area contributed by atoms with Gasteiger partial charge in [0.2, 0.25) is 23.4 Å². The molecule has 6 amide bonds. The number of thioether (sulfide) groups is 1. The number of urea groups is 1. The summed E-state index contributed by atoms with van der Waals surface area (Å²) in [6.07, 6.45) is 6.68. The number of carbonyl (C=O) groups is 7. The van der Waals surface area contributed by atoms with E-state index in [0.717, 1.165) is 31.1 Å². The summed E-state index contributed by atoms with van der Waals surface area (Å²) in [5.74, 6) is -1.69. The van der Waals surface area contributed by atoms with E-state index < -0.39 is 53.9 Å². The van der Waals surface area contributed by atoms with Crippen molar-refractivity contribution in [3.63, 3.8) is 0 Å². The Hall–Kier alpha value is -5.22. The van der Waals surface area contributed by atoms with Gasteiger partial charge in [0.05, 0.1) is 115 Å². The zero-order chi connectivity index (χ0) is 58.2. The van der Waals surface area contributed by atoms with Crippen LogP contribution in [0.15, 0.2) is 58.5 Å². The number of nitrogens with two attached hydrogens (primary N) is 1. The van der Waals surface area contributed by atoms with Gasteiger partial charge in [0.1, 0.15) is 6.10 Å². The summed E-state index contributed by atoms with van der Waals surface area (Å²) in [7, 11) is 2.89. The van der Waals surface area contributed by atoms with Gasteiger partial charge in [-0.2, -0.15) is 11.8 Å². The van der Waals surface area contributed by atoms with Gasteiger partial charge < -0.3 is 85.4 Å². The Labute approximate surface area is 474 Å². The molecule has 25 heteroatoms. The molecule has 0 aromatic heterocycles. The third kappa shape index (κ3) is 24.5. The normalized spacial score (nSPS) is 26.4. The van der Waals surface area contributed by atoms with Crippen LogP contribution in [0.1, 0.15) is 72.6 Å². The summed E-state index contributed by atoms with van der Waals surface area (Å²) in [5.41, 5.74) is 6.23. The first kappa shape index (κ1) is 67.3. The molecule has 3 aliphatic heterocycles. The highest BCUT2D eigenvalue weighted by Gasteiger charge is 2.42. The number of ether oxygens (including phenoxy) is 9. The Bertz CT molecular complexity index is 2170. The molecular formula is C55H87N7O17S. The van der Waals surface area contributed by atoms with Crippen molar-refractivity contribution in [2.75, 3.05) is 119 Å². The van der Waals surface area contributed by atoms with Crippen molar-refractivity contribution >= 4 is 53.2 Å². The topological polar surface area (TPSA) is 321 Å². The lowest BCUT2D eigenvalue weighted by Crippen LogP contribution is -2.38. The molecule has 0 saturated carbocycles. The van der Waals surface area contributed by atoms with Crippen molar-refractivity contribution in [2.24, 2.45) is 17.6 Å². The lowest BCUT2D eigenvalue weighted by molar-refractivity contribution is -0.123. The number of hydrogen-bond donors (Lipinski definition) is 8. The number of nitrogens with one attached hydrogen (secondary N) is 6. The number of aliphatic hydroxyl groups is 1. The maximum absolute atomic E-state index is 14.0. The van der Waals surface area contributed by atoms with Crippen molar-refractivity contribution in [3.8, 4) is 0 Å². The maximum Gasteiger partial charge on any atom is 0.405 e. The quantitative estimate of drug-likeness (QED) is 0.0201. The third-order valence-electron chi connectivity index (χ3n) is 13.5. The molecule has 9 N–H and O–H groups in total. The summed E-state index contributed by atoms with van der Waals surface area (Å²) in [6.45, 7) is 11.6. The molecule has 0 unspecified atom stereocenters. The van der Waals surface area contributed by atoms with E-state index in [4.69, 9.17) is 48.4 Å². The molecular weight excluding hydrogens is 1060 g/mol. The average Bonchev–Trinajstić information content (AvgIpc) is 3.99. The fraction of sp³-hybridized carbons (Fsp3) is 0.691. The van der Waals surface area contributed by atoms with Crippen molar-refractivity contribution in [3.05, 3.63) is 58.5 Å². The molecule has 3 heterocycles. The summed E-state index contributed by atoms with van der Waals surface area (Å²) < 4.78 is 50.1. The first-order valence-corrected chi connectivity index (χ1v) is 28.6. The highest BCUT2D eigenvalue weighted by atomic mass is 32.2.